The van der Waals surface area contributed by atoms with E-state index in [9.17, 15) is 9.59 Å². The zero-order valence-electron chi connectivity index (χ0n) is 11.0. The maximum atomic E-state index is 11.4. The van der Waals surface area contributed by atoms with Crippen molar-refractivity contribution in [3.63, 3.8) is 0 Å². The number of carbonyl (C=O) groups excluding carboxylic acids is 2. The van der Waals surface area contributed by atoms with Crippen molar-refractivity contribution in [2.75, 3.05) is 0 Å². The van der Waals surface area contributed by atoms with Crippen LogP contribution in [0.15, 0.2) is 6.07 Å². The molecule has 0 saturated heterocycles. The Kier molecular flexibility index (Phi) is 3.95. The molecule has 1 heterocycles. The number of amides is 2. The van der Waals surface area contributed by atoms with Crippen molar-refractivity contribution in [2.24, 2.45) is 12.8 Å². The molecule has 1 rings (SSSR count). The first-order chi connectivity index (χ1) is 8.19. The van der Waals surface area contributed by atoms with Gasteiger partial charge >= 0.3 is 6.09 Å². The van der Waals surface area contributed by atoms with Gasteiger partial charge in [-0.2, -0.15) is 5.10 Å². The molecule has 0 radical (unpaired) electrons. The van der Waals surface area contributed by atoms with E-state index in [1.807, 2.05) is 0 Å². The third-order valence-corrected chi connectivity index (χ3v) is 2.04. The highest BCUT2D eigenvalue weighted by Gasteiger charge is 2.16. The van der Waals surface area contributed by atoms with Crippen molar-refractivity contribution in [3.05, 3.63) is 17.5 Å². The Bertz CT molecular complexity index is 459. The van der Waals surface area contributed by atoms with Crippen molar-refractivity contribution >= 4 is 12.0 Å². The van der Waals surface area contributed by atoms with Crippen molar-refractivity contribution in [1.82, 2.24) is 15.1 Å². The second-order valence-electron chi connectivity index (χ2n) is 4.86. The van der Waals surface area contributed by atoms with Gasteiger partial charge in [0.05, 0.1) is 12.2 Å². The number of ether oxygens (including phenoxy) is 1. The summed E-state index contributed by atoms with van der Waals surface area (Å²) in [7, 11) is 1.67. The second kappa shape index (κ2) is 5.07. The molecular formula is C11H18N4O3. The van der Waals surface area contributed by atoms with Gasteiger partial charge in [-0.15, -0.1) is 0 Å². The first kappa shape index (κ1) is 14.0. The van der Waals surface area contributed by atoms with Gasteiger partial charge in [0.25, 0.3) is 5.91 Å². The van der Waals surface area contributed by atoms with E-state index in [1.165, 1.54) is 10.7 Å². The molecule has 0 saturated carbocycles. The average Bonchev–Trinajstić information content (AvgIpc) is 2.54. The van der Waals surface area contributed by atoms with Crippen LogP contribution in [0.5, 0.6) is 0 Å². The van der Waals surface area contributed by atoms with E-state index in [1.54, 1.807) is 27.8 Å². The van der Waals surface area contributed by atoms with Gasteiger partial charge in [0.2, 0.25) is 0 Å². The van der Waals surface area contributed by atoms with E-state index in [2.05, 4.69) is 10.4 Å². The predicted octanol–water partition coefficient (Wildman–Crippen LogP) is 0.544. The molecule has 100 valence electrons. The Morgan fingerprint density at radius 1 is 1.50 bits per heavy atom. The minimum Gasteiger partial charge on any atom is -0.444 e. The van der Waals surface area contributed by atoms with Crippen LogP contribution in [0, 0.1) is 0 Å². The van der Waals surface area contributed by atoms with Crippen LogP contribution in [-0.4, -0.2) is 27.4 Å². The van der Waals surface area contributed by atoms with Crippen LogP contribution >= 0.6 is 0 Å². The molecule has 18 heavy (non-hydrogen) atoms. The summed E-state index contributed by atoms with van der Waals surface area (Å²) in [6, 6.07) is 1.53. The molecule has 7 nitrogen and oxygen atoms in total. The van der Waals surface area contributed by atoms with Crippen LogP contribution in [0.1, 0.15) is 37.0 Å². The fourth-order valence-electron chi connectivity index (χ4n) is 1.27. The van der Waals surface area contributed by atoms with Gasteiger partial charge in [0, 0.05) is 7.05 Å². The van der Waals surface area contributed by atoms with Crippen LogP contribution in [-0.2, 0) is 18.3 Å². The zero-order chi connectivity index (χ0) is 13.9. The maximum absolute atomic E-state index is 11.4. The number of aryl methyl sites for hydroxylation is 1. The highest BCUT2D eigenvalue weighted by Crippen LogP contribution is 2.07. The number of hydrogen-bond donors (Lipinski definition) is 2. The Balaban J connectivity index is 2.59. The van der Waals surface area contributed by atoms with Crippen LogP contribution < -0.4 is 11.1 Å². The predicted molar refractivity (Wildman–Crippen MR) is 64.8 cm³/mol. The normalized spacial score (nSPS) is 11.1. The lowest BCUT2D eigenvalue weighted by Gasteiger charge is -2.19. The third-order valence-electron chi connectivity index (χ3n) is 2.04. The SMILES string of the molecule is Cn1nc(C(N)=O)cc1CNC(=O)OC(C)(C)C. The average molecular weight is 254 g/mol. The van der Waals surface area contributed by atoms with Gasteiger partial charge in [-0.25, -0.2) is 4.79 Å². The Labute approximate surface area is 105 Å². The largest absolute Gasteiger partial charge is 0.444 e. The van der Waals surface area contributed by atoms with Crippen molar-refractivity contribution in [3.8, 4) is 0 Å². The number of rotatable bonds is 3. The lowest BCUT2D eigenvalue weighted by molar-refractivity contribution is 0.0522. The van der Waals surface area contributed by atoms with Gasteiger partial charge in [-0.3, -0.25) is 9.48 Å². The summed E-state index contributed by atoms with van der Waals surface area (Å²) in [6.45, 7) is 5.55. The molecule has 2 amide bonds. The first-order valence-electron chi connectivity index (χ1n) is 5.48. The summed E-state index contributed by atoms with van der Waals surface area (Å²) in [4.78, 5) is 22.4. The van der Waals surface area contributed by atoms with E-state index in [4.69, 9.17) is 10.5 Å². The topological polar surface area (TPSA) is 99.2 Å². The van der Waals surface area contributed by atoms with Gasteiger partial charge in [0.1, 0.15) is 11.3 Å². The molecule has 0 aliphatic carbocycles. The van der Waals surface area contributed by atoms with Gasteiger partial charge in [-0.1, -0.05) is 0 Å². The molecule has 0 bridgehead atoms. The minimum absolute atomic E-state index is 0.165. The number of nitrogens with zero attached hydrogens (tertiary/aromatic N) is 2. The number of primary amides is 1. The van der Waals surface area contributed by atoms with Gasteiger partial charge in [0.15, 0.2) is 0 Å². The molecule has 0 aliphatic heterocycles. The van der Waals surface area contributed by atoms with E-state index < -0.39 is 17.6 Å². The molecule has 0 fully saturated rings. The number of nitrogens with two attached hydrogens (primary N) is 1. The molecular weight excluding hydrogens is 236 g/mol. The number of alkyl carbamates (subject to hydrolysis) is 1. The summed E-state index contributed by atoms with van der Waals surface area (Å²) >= 11 is 0. The van der Waals surface area contributed by atoms with Crippen LogP contribution in [0.3, 0.4) is 0 Å². The Morgan fingerprint density at radius 2 is 2.11 bits per heavy atom. The number of aromatic nitrogens is 2. The molecule has 0 aliphatic rings. The fraction of sp³-hybridized carbons (Fsp3) is 0.545. The molecule has 1 aromatic heterocycles. The summed E-state index contributed by atoms with van der Waals surface area (Å²) < 4.78 is 6.57. The first-order valence-corrected chi connectivity index (χ1v) is 5.48. The quantitative estimate of drug-likeness (QED) is 0.822. The van der Waals surface area contributed by atoms with Crippen molar-refractivity contribution in [1.29, 1.82) is 0 Å². The number of nitrogens with one attached hydrogen (secondary N) is 1. The zero-order valence-corrected chi connectivity index (χ0v) is 11.0. The van der Waals surface area contributed by atoms with E-state index in [-0.39, 0.29) is 12.2 Å². The molecule has 0 spiro atoms. The lowest BCUT2D eigenvalue weighted by atomic mass is 10.2. The van der Waals surface area contributed by atoms with Gasteiger partial charge in [-0.05, 0) is 26.8 Å². The molecule has 7 heteroatoms. The number of carbonyl (C=O) groups is 2. The summed E-state index contributed by atoms with van der Waals surface area (Å²) in [6.07, 6.45) is -0.524. The van der Waals surface area contributed by atoms with E-state index >= 15 is 0 Å². The Hall–Kier alpha value is -2.05. The van der Waals surface area contributed by atoms with Crippen molar-refractivity contribution in [2.45, 2.75) is 32.9 Å². The fourth-order valence-corrected chi connectivity index (χ4v) is 1.27. The monoisotopic (exact) mass is 254 g/mol. The molecule has 3 N–H and O–H groups in total. The lowest BCUT2D eigenvalue weighted by Crippen LogP contribution is -2.32. The van der Waals surface area contributed by atoms with Crippen LogP contribution in [0.25, 0.3) is 0 Å². The van der Waals surface area contributed by atoms with Crippen LogP contribution in [0.4, 0.5) is 4.79 Å². The summed E-state index contributed by atoms with van der Waals surface area (Å²) in [5.74, 6) is -0.603. The molecule has 0 unspecified atom stereocenters. The summed E-state index contributed by atoms with van der Waals surface area (Å²) in [5, 5.41) is 6.49. The number of hydrogen-bond acceptors (Lipinski definition) is 4. The van der Waals surface area contributed by atoms with Gasteiger partial charge < -0.3 is 15.8 Å². The molecule has 0 aromatic carbocycles. The molecule has 0 atom stereocenters. The van der Waals surface area contributed by atoms with E-state index in [0.717, 1.165) is 0 Å². The smallest absolute Gasteiger partial charge is 0.407 e. The Morgan fingerprint density at radius 3 is 2.56 bits per heavy atom. The van der Waals surface area contributed by atoms with E-state index in [0.29, 0.717) is 5.69 Å². The second-order valence-corrected chi connectivity index (χ2v) is 4.86. The maximum Gasteiger partial charge on any atom is 0.407 e. The highest BCUT2D eigenvalue weighted by atomic mass is 16.6. The van der Waals surface area contributed by atoms with Crippen molar-refractivity contribution < 1.29 is 14.3 Å². The standard InChI is InChI=1S/C11H18N4O3/c1-11(2,3)18-10(17)13-6-7-5-8(9(12)16)14-15(7)4/h5H,6H2,1-4H3,(H2,12,16)(H,13,17). The highest BCUT2D eigenvalue weighted by molar-refractivity contribution is 5.90. The van der Waals surface area contributed by atoms with Crippen LogP contribution in [0.2, 0.25) is 0 Å². The third kappa shape index (κ3) is 4.08. The molecule has 1 aromatic rings. The summed E-state index contributed by atoms with van der Waals surface area (Å²) in [5.41, 5.74) is 5.39. The minimum atomic E-state index is -0.603.